The number of anilines is 3. The van der Waals surface area contributed by atoms with E-state index in [9.17, 15) is 18.1 Å². The Bertz CT molecular complexity index is 1570. The molecule has 0 unspecified atom stereocenters. The van der Waals surface area contributed by atoms with Crippen LogP contribution in [0.2, 0.25) is 10.0 Å². The van der Waals surface area contributed by atoms with E-state index in [4.69, 9.17) is 23.2 Å². The highest BCUT2D eigenvalue weighted by atomic mass is 35.5. The highest BCUT2D eigenvalue weighted by molar-refractivity contribution is 7.90. The van der Waals surface area contributed by atoms with E-state index in [0.717, 1.165) is 6.26 Å². The normalized spacial score (nSPS) is 11.3. The summed E-state index contributed by atoms with van der Waals surface area (Å²) in [6, 6.07) is 11.2. The molecule has 172 valence electrons. The fraction of sp³-hybridized carbons (Fsp3) is 0.0909. The van der Waals surface area contributed by atoms with E-state index in [1.54, 1.807) is 18.2 Å². The van der Waals surface area contributed by atoms with Crippen molar-refractivity contribution >= 4 is 61.0 Å². The number of benzene rings is 2. The number of sulfone groups is 1. The average Bonchev–Trinajstić information content (AvgIpc) is 2.80. The molecule has 0 amide bonds. The first kappa shape index (κ1) is 23.6. The molecule has 0 atom stereocenters. The molecule has 12 heteroatoms. The highest BCUT2D eigenvalue weighted by Gasteiger charge is 2.15. The molecule has 0 spiro atoms. The Morgan fingerprint density at radius 1 is 1.09 bits per heavy atom. The molecule has 2 N–H and O–H groups in total. The molecule has 0 aliphatic rings. The SMILES string of the molecule is CS(=O)(=O)c1nccc(CNc2cc(Cl)c3ncc(C#N)c(Nc4ccc(F)c(Cl)c4)c3c2)n1. The Hall–Kier alpha value is -3.52. The van der Waals surface area contributed by atoms with Gasteiger partial charge in [0.05, 0.1) is 39.1 Å². The summed E-state index contributed by atoms with van der Waals surface area (Å²) in [6.45, 7) is 0.189. The fourth-order valence-electron chi connectivity index (χ4n) is 3.15. The average molecular weight is 517 g/mol. The van der Waals surface area contributed by atoms with Crippen LogP contribution in [0.3, 0.4) is 0 Å². The number of pyridine rings is 1. The van der Waals surface area contributed by atoms with E-state index in [1.807, 2.05) is 0 Å². The monoisotopic (exact) mass is 516 g/mol. The molecule has 0 radical (unpaired) electrons. The molecule has 0 fully saturated rings. The molecule has 2 heterocycles. The van der Waals surface area contributed by atoms with Gasteiger partial charge in [-0.2, -0.15) is 5.26 Å². The quantitative estimate of drug-likeness (QED) is 0.339. The first-order valence-electron chi connectivity index (χ1n) is 9.66. The lowest BCUT2D eigenvalue weighted by Crippen LogP contribution is -2.08. The summed E-state index contributed by atoms with van der Waals surface area (Å²) < 4.78 is 37.0. The minimum absolute atomic E-state index is 0.0689. The van der Waals surface area contributed by atoms with E-state index < -0.39 is 15.7 Å². The largest absolute Gasteiger partial charge is 0.379 e. The van der Waals surface area contributed by atoms with Crippen LogP contribution in [0, 0.1) is 17.1 Å². The zero-order valence-corrected chi connectivity index (χ0v) is 19.8. The fourth-order valence-corrected chi connectivity index (χ4v) is 4.13. The molecule has 8 nitrogen and oxygen atoms in total. The van der Waals surface area contributed by atoms with Gasteiger partial charge in [0.15, 0.2) is 0 Å². The van der Waals surface area contributed by atoms with Gasteiger partial charge in [-0.1, -0.05) is 23.2 Å². The summed E-state index contributed by atoms with van der Waals surface area (Å²) in [5, 5.41) is 16.4. The van der Waals surface area contributed by atoms with Gasteiger partial charge in [-0.25, -0.2) is 22.8 Å². The molecule has 4 aromatic rings. The molecule has 0 bridgehead atoms. The Balaban J connectivity index is 1.72. The van der Waals surface area contributed by atoms with Crippen LogP contribution in [0.4, 0.5) is 21.5 Å². The predicted molar refractivity (Wildman–Crippen MR) is 129 cm³/mol. The third-order valence-electron chi connectivity index (χ3n) is 4.73. The van der Waals surface area contributed by atoms with Crippen molar-refractivity contribution in [1.82, 2.24) is 15.0 Å². The number of nitriles is 1. The van der Waals surface area contributed by atoms with Gasteiger partial charge in [0.1, 0.15) is 11.9 Å². The number of fused-ring (bicyclic) bond motifs is 1. The van der Waals surface area contributed by atoms with Crippen LogP contribution in [0.1, 0.15) is 11.3 Å². The Labute approximate surface area is 204 Å². The van der Waals surface area contributed by atoms with Crippen LogP contribution in [0.25, 0.3) is 10.9 Å². The van der Waals surface area contributed by atoms with Crippen molar-refractivity contribution in [3.63, 3.8) is 0 Å². The van der Waals surface area contributed by atoms with Crippen molar-refractivity contribution in [2.75, 3.05) is 16.9 Å². The molecule has 0 aliphatic carbocycles. The van der Waals surface area contributed by atoms with Crippen LogP contribution in [0.5, 0.6) is 0 Å². The molecular formula is C22H15Cl2FN6O2S. The standard InChI is InChI=1S/C22H15Cl2FN6O2S/c1-34(32,33)22-27-5-4-14(31-22)11-28-15-6-16-20(30-13-2-3-19(25)17(23)7-13)12(9-26)10-29-21(16)18(24)8-15/h2-8,10,28H,11H2,1H3,(H,29,30). The van der Waals surface area contributed by atoms with Crippen molar-refractivity contribution in [3.05, 3.63) is 75.9 Å². The number of nitrogens with one attached hydrogen (secondary N) is 2. The second-order valence-electron chi connectivity index (χ2n) is 7.22. The van der Waals surface area contributed by atoms with Gasteiger partial charge in [-0.15, -0.1) is 0 Å². The highest BCUT2D eigenvalue weighted by Crippen LogP contribution is 2.35. The molecular weight excluding hydrogens is 502 g/mol. The Morgan fingerprint density at radius 3 is 2.56 bits per heavy atom. The summed E-state index contributed by atoms with van der Waals surface area (Å²) in [6.07, 6.45) is 3.79. The van der Waals surface area contributed by atoms with Crippen LogP contribution >= 0.6 is 23.2 Å². The summed E-state index contributed by atoms with van der Waals surface area (Å²) in [5.74, 6) is -0.564. The van der Waals surface area contributed by atoms with Crippen molar-refractivity contribution in [3.8, 4) is 6.07 Å². The second-order valence-corrected chi connectivity index (χ2v) is 9.95. The molecule has 0 aliphatic heterocycles. The van der Waals surface area contributed by atoms with Gasteiger partial charge in [-0.3, -0.25) is 4.98 Å². The van der Waals surface area contributed by atoms with Gasteiger partial charge in [0, 0.05) is 35.4 Å². The minimum atomic E-state index is -3.54. The maximum Gasteiger partial charge on any atom is 0.247 e. The van der Waals surface area contributed by atoms with Gasteiger partial charge < -0.3 is 10.6 Å². The van der Waals surface area contributed by atoms with Crippen LogP contribution in [-0.4, -0.2) is 29.6 Å². The Morgan fingerprint density at radius 2 is 1.85 bits per heavy atom. The van der Waals surface area contributed by atoms with E-state index in [-0.39, 0.29) is 22.3 Å². The number of hydrogen-bond donors (Lipinski definition) is 2. The molecule has 0 saturated carbocycles. The van der Waals surface area contributed by atoms with Crippen molar-refractivity contribution < 1.29 is 12.8 Å². The van der Waals surface area contributed by atoms with Gasteiger partial charge in [0.2, 0.25) is 15.0 Å². The zero-order valence-electron chi connectivity index (χ0n) is 17.5. The van der Waals surface area contributed by atoms with Gasteiger partial charge in [0.25, 0.3) is 0 Å². The first-order valence-corrected chi connectivity index (χ1v) is 12.3. The second kappa shape index (κ2) is 9.38. The van der Waals surface area contributed by atoms with E-state index >= 15 is 0 Å². The van der Waals surface area contributed by atoms with E-state index in [0.29, 0.717) is 38.7 Å². The molecule has 2 aromatic heterocycles. The van der Waals surface area contributed by atoms with Crippen LogP contribution in [-0.2, 0) is 16.4 Å². The Kier molecular flexibility index (Phi) is 6.52. The van der Waals surface area contributed by atoms with Crippen LogP contribution in [0.15, 0.2) is 53.9 Å². The molecule has 0 saturated heterocycles. The maximum atomic E-state index is 13.6. The van der Waals surface area contributed by atoms with Gasteiger partial charge in [-0.05, 0) is 36.4 Å². The molecule has 2 aromatic carbocycles. The number of rotatable bonds is 6. The first-order chi connectivity index (χ1) is 16.2. The van der Waals surface area contributed by atoms with E-state index in [1.165, 1.54) is 30.6 Å². The lowest BCUT2D eigenvalue weighted by molar-refractivity contribution is 0.592. The molecule has 4 rings (SSSR count). The zero-order chi connectivity index (χ0) is 24.5. The smallest absolute Gasteiger partial charge is 0.247 e. The third-order valence-corrected chi connectivity index (χ3v) is 6.17. The number of halogens is 3. The third kappa shape index (κ3) is 5.02. The predicted octanol–water partition coefficient (Wildman–Crippen LogP) is 5.10. The van der Waals surface area contributed by atoms with Crippen molar-refractivity contribution in [2.45, 2.75) is 11.7 Å². The van der Waals surface area contributed by atoms with Gasteiger partial charge >= 0.3 is 0 Å². The lowest BCUT2D eigenvalue weighted by atomic mass is 10.1. The minimum Gasteiger partial charge on any atom is -0.379 e. The maximum absolute atomic E-state index is 13.6. The number of aromatic nitrogens is 3. The number of nitrogens with zero attached hydrogens (tertiary/aromatic N) is 4. The summed E-state index contributed by atoms with van der Waals surface area (Å²) in [7, 11) is -3.54. The topological polar surface area (TPSA) is 121 Å². The summed E-state index contributed by atoms with van der Waals surface area (Å²) in [5.41, 5.74) is 2.61. The lowest BCUT2D eigenvalue weighted by Gasteiger charge is -2.15. The number of hydrogen-bond acceptors (Lipinski definition) is 8. The van der Waals surface area contributed by atoms with E-state index in [2.05, 4.69) is 31.7 Å². The summed E-state index contributed by atoms with van der Waals surface area (Å²) in [4.78, 5) is 12.1. The summed E-state index contributed by atoms with van der Waals surface area (Å²) >= 11 is 12.3. The molecule has 34 heavy (non-hydrogen) atoms. The van der Waals surface area contributed by atoms with Crippen molar-refractivity contribution in [1.29, 1.82) is 5.26 Å². The van der Waals surface area contributed by atoms with Crippen molar-refractivity contribution in [2.24, 2.45) is 0 Å². The van der Waals surface area contributed by atoms with Crippen LogP contribution < -0.4 is 10.6 Å².